The number of carbonyl (C=O) groups is 2. The summed E-state index contributed by atoms with van der Waals surface area (Å²) in [5, 5.41) is 0.468. The van der Waals surface area contributed by atoms with E-state index in [9.17, 15) is 9.59 Å². The summed E-state index contributed by atoms with van der Waals surface area (Å²) in [6.07, 6.45) is 1.89. The van der Waals surface area contributed by atoms with Crippen molar-refractivity contribution in [1.29, 1.82) is 0 Å². The third-order valence-corrected chi connectivity index (χ3v) is 2.66. The Morgan fingerprint density at radius 2 is 2.13 bits per heavy atom. The molecule has 0 bridgehead atoms. The van der Waals surface area contributed by atoms with Gasteiger partial charge in [-0.3, -0.25) is 9.59 Å². The minimum atomic E-state index is -0.334. The van der Waals surface area contributed by atoms with Gasteiger partial charge < -0.3 is 10.5 Å². The van der Waals surface area contributed by atoms with E-state index in [4.69, 9.17) is 10.5 Å². The number of nitrogens with zero attached hydrogens (tertiary/aromatic N) is 1. The lowest BCUT2D eigenvalue weighted by molar-refractivity contribution is -0.135. The molecule has 1 aliphatic heterocycles. The minimum absolute atomic E-state index is 0.285. The summed E-state index contributed by atoms with van der Waals surface area (Å²) in [7, 11) is 0. The average Bonchev–Trinajstić information content (AvgIpc) is 2.64. The molecule has 0 aromatic heterocycles. The predicted octanol–water partition coefficient (Wildman–Crippen LogP) is 0.678. The number of thioether (sulfide) groups is 1. The molecule has 1 heterocycles. The smallest absolute Gasteiger partial charge is 0.312 e. The van der Waals surface area contributed by atoms with Crippen molar-refractivity contribution in [3.63, 3.8) is 0 Å². The molecule has 1 amide bonds. The molecule has 0 atom stereocenters. The molecule has 0 unspecified atom stereocenters. The summed E-state index contributed by atoms with van der Waals surface area (Å²) in [5.74, 6) is 0.260. The molecule has 0 fully saturated rings. The number of rotatable bonds is 5. The van der Waals surface area contributed by atoms with Gasteiger partial charge in [0.1, 0.15) is 0 Å². The van der Waals surface area contributed by atoms with E-state index >= 15 is 0 Å². The highest BCUT2D eigenvalue weighted by Crippen LogP contribution is 2.13. The van der Waals surface area contributed by atoms with E-state index in [1.807, 2.05) is 0 Å². The Morgan fingerprint density at radius 3 is 2.73 bits per heavy atom. The maximum Gasteiger partial charge on any atom is 0.312 e. The topological polar surface area (TPSA) is 81.8 Å². The molecule has 15 heavy (non-hydrogen) atoms. The van der Waals surface area contributed by atoms with Crippen molar-refractivity contribution >= 4 is 28.9 Å². The molecule has 0 radical (unpaired) electrons. The maximum absolute atomic E-state index is 11.2. The zero-order valence-corrected chi connectivity index (χ0v) is 9.22. The summed E-state index contributed by atoms with van der Waals surface area (Å²) < 4.78 is 4.98. The first kappa shape index (κ1) is 12.0. The SMILES string of the molecule is NC(=O)CCCCC(=O)OC1=NCCS1. The summed E-state index contributed by atoms with van der Waals surface area (Å²) in [6, 6.07) is 0. The Kier molecular flexibility index (Phi) is 5.17. The van der Waals surface area contributed by atoms with Crippen molar-refractivity contribution in [1.82, 2.24) is 0 Å². The number of hydrogen-bond acceptors (Lipinski definition) is 5. The van der Waals surface area contributed by atoms with Crippen molar-refractivity contribution in [2.45, 2.75) is 25.7 Å². The second kappa shape index (κ2) is 6.44. The molecule has 0 saturated heterocycles. The van der Waals surface area contributed by atoms with E-state index in [0.717, 1.165) is 12.3 Å². The van der Waals surface area contributed by atoms with Gasteiger partial charge in [0.15, 0.2) is 0 Å². The third-order valence-electron chi connectivity index (χ3n) is 1.81. The van der Waals surface area contributed by atoms with Crippen molar-refractivity contribution in [3.8, 4) is 0 Å². The zero-order chi connectivity index (χ0) is 11.1. The van der Waals surface area contributed by atoms with Crippen molar-refractivity contribution in [3.05, 3.63) is 0 Å². The standard InChI is InChI=1S/C9H14N2O3S/c10-7(12)3-1-2-4-8(13)14-9-11-5-6-15-9/h1-6H2,(H2,10,12). The van der Waals surface area contributed by atoms with E-state index < -0.39 is 0 Å². The van der Waals surface area contributed by atoms with Crippen molar-refractivity contribution in [2.75, 3.05) is 12.3 Å². The van der Waals surface area contributed by atoms with Crippen LogP contribution in [-0.2, 0) is 14.3 Å². The van der Waals surface area contributed by atoms with Crippen LogP contribution < -0.4 is 5.73 Å². The van der Waals surface area contributed by atoms with E-state index in [1.54, 1.807) is 0 Å². The van der Waals surface area contributed by atoms with E-state index in [2.05, 4.69) is 4.99 Å². The summed E-state index contributed by atoms with van der Waals surface area (Å²) in [5.41, 5.74) is 4.96. The Balaban J connectivity index is 2.05. The number of amides is 1. The largest absolute Gasteiger partial charge is 0.401 e. The fourth-order valence-corrected chi connectivity index (χ4v) is 1.79. The van der Waals surface area contributed by atoms with Gasteiger partial charge in [0, 0.05) is 18.6 Å². The minimum Gasteiger partial charge on any atom is -0.401 e. The van der Waals surface area contributed by atoms with Crippen LogP contribution in [0.1, 0.15) is 25.7 Å². The summed E-state index contributed by atoms with van der Waals surface area (Å²) in [6.45, 7) is 0.717. The number of aliphatic imine (C=N–C) groups is 1. The predicted molar refractivity (Wildman–Crippen MR) is 58.5 cm³/mol. The van der Waals surface area contributed by atoms with Crippen LogP contribution in [0.2, 0.25) is 0 Å². The van der Waals surface area contributed by atoms with Gasteiger partial charge in [0.25, 0.3) is 5.23 Å². The van der Waals surface area contributed by atoms with Crippen LogP contribution in [0.5, 0.6) is 0 Å². The first-order valence-corrected chi connectivity index (χ1v) is 5.83. The summed E-state index contributed by atoms with van der Waals surface area (Å²) in [4.78, 5) is 25.6. The molecular formula is C9H14N2O3S. The number of primary amides is 1. The molecule has 0 aromatic rings. The van der Waals surface area contributed by atoms with Crippen LogP contribution in [0, 0.1) is 0 Å². The molecule has 1 aliphatic rings. The van der Waals surface area contributed by atoms with Gasteiger partial charge in [0.2, 0.25) is 5.91 Å². The molecule has 0 spiro atoms. The van der Waals surface area contributed by atoms with Gasteiger partial charge >= 0.3 is 5.97 Å². The number of ether oxygens (including phenoxy) is 1. The Hall–Kier alpha value is -1.04. The van der Waals surface area contributed by atoms with Gasteiger partial charge in [-0.2, -0.15) is 0 Å². The highest BCUT2D eigenvalue weighted by Gasteiger charge is 2.12. The number of esters is 1. The molecule has 0 aliphatic carbocycles. The molecule has 5 nitrogen and oxygen atoms in total. The van der Waals surface area contributed by atoms with Gasteiger partial charge in [-0.05, 0) is 12.8 Å². The van der Waals surface area contributed by atoms with Gasteiger partial charge in [-0.25, -0.2) is 4.99 Å². The van der Waals surface area contributed by atoms with Crippen LogP contribution in [-0.4, -0.2) is 29.4 Å². The van der Waals surface area contributed by atoms with E-state index in [1.165, 1.54) is 11.8 Å². The molecule has 0 saturated carbocycles. The van der Waals surface area contributed by atoms with Crippen LogP contribution in [0.25, 0.3) is 0 Å². The Labute approximate surface area is 92.4 Å². The van der Waals surface area contributed by atoms with Crippen molar-refractivity contribution in [2.24, 2.45) is 10.7 Å². The number of unbranched alkanes of at least 4 members (excludes halogenated alkanes) is 1. The number of hydrogen-bond donors (Lipinski definition) is 1. The van der Waals surface area contributed by atoms with Gasteiger partial charge in [0.05, 0.1) is 6.54 Å². The highest BCUT2D eigenvalue weighted by atomic mass is 32.2. The van der Waals surface area contributed by atoms with Crippen LogP contribution in [0.15, 0.2) is 4.99 Å². The maximum atomic E-state index is 11.2. The second-order valence-electron chi connectivity index (χ2n) is 3.14. The monoisotopic (exact) mass is 230 g/mol. The van der Waals surface area contributed by atoms with E-state index in [-0.39, 0.29) is 11.9 Å². The Morgan fingerprint density at radius 1 is 1.40 bits per heavy atom. The van der Waals surface area contributed by atoms with Crippen LogP contribution in [0.3, 0.4) is 0 Å². The molecule has 84 valence electrons. The van der Waals surface area contributed by atoms with Crippen LogP contribution >= 0.6 is 11.8 Å². The lowest BCUT2D eigenvalue weighted by Gasteiger charge is -2.01. The Bertz CT molecular complexity index is 279. The molecule has 6 heteroatoms. The first-order chi connectivity index (χ1) is 7.18. The van der Waals surface area contributed by atoms with Gasteiger partial charge in [-0.15, -0.1) is 0 Å². The summed E-state index contributed by atoms with van der Waals surface area (Å²) >= 11 is 1.45. The average molecular weight is 230 g/mol. The normalized spacial score (nSPS) is 14.8. The fraction of sp³-hybridized carbons (Fsp3) is 0.667. The molecule has 1 rings (SSSR count). The van der Waals surface area contributed by atoms with Crippen LogP contribution in [0.4, 0.5) is 0 Å². The van der Waals surface area contributed by atoms with Gasteiger partial charge in [-0.1, -0.05) is 11.8 Å². The number of carbonyl (C=O) groups excluding carboxylic acids is 2. The first-order valence-electron chi connectivity index (χ1n) is 4.84. The quantitative estimate of drug-likeness (QED) is 0.556. The lowest BCUT2D eigenvalue weighted by atomic mass is 10.2. The molecule has 0 aromatic carbocycles. The second-order valence-corrected chi connectivity index (χ2v) is 4.19. The molecular weight excluding hydrogens is 216 g/mol. The third kappa shape index (κ3) is 5.41. The van der Waals surface area contributed by atoms with Crippen molar-refractivity contribution < 1.29 is 14.3 Å². The number of nitrogens with two attached hydrogens (primary N) is 1. The highest BCUT2D eigenvalue weighted by molar-refractivity contribution is 8.13. The molecule has 2 N–H and O–H groups in total. The lowest BCUT2D eigenvalue weighted by Crippen LogP contribution is -2.11. The van der Waals surface area contributed by atoms with E-state index in [0.29, 0.717) is 30.9 Å². The fourth-order valence-electron chi connectivity index (χ4n) is 1.09. The zero-order valence-electron chi connectivity index (χ0n) is 8.40.